The maximum atomic E-state index is 14.5. The third kappa shape index (κ3) is 4.70. The smallest absolute Gasteiger partial charge is 0.414 e. The first-order chi connectivity index (χ1) is 11.1. The molecule has 0 fully saturated rings. The van der Waals surface area contributed by atoms with Crippen molar-refractivity contribution in [2.75, 3.05) is 0 Å². The maximum absolute atomic E-state index is 14.5. The molecule has 0 aliphatic heterocycles. The van der Waals surface area contributed by atoms with Gasteiger partial charge in [-0.15, -0.1) is 4.20 Å². The van der Waals surface area contributed by atoms with E-state index in [-0.39, 0.29) is 10.8 Å². The van der Waals surface area contributed by atoms with Crippen molar-refractivity contribution in [1.29, 1.82) is 0 Å². The Morgan fingerprint density at radius 2 is 1.00 bits per heavy atom. The molecular formula is C20H26FO2P. The third-order valence-corrected chi connectivity index (χ3v) is 4.41. The van der Waals surface area contributed by atoms with Crippen LogP contribution in [0.15, 0.2) is 48.5 Å². The highest BCUT2D eigenvalue weighted by Crippen LogP contribution is 2.46. The molecule has 130 valence electrons. The molecule has 0 radical (unpaired) electrons. The number of halogens is 1. The van der Waals surface area contributed by atoms with Gasteiger partial charge in [0, 0.05) is 11.1 Å². The first-order valence-electron chi connectivity index (χ1n) is 8.10. The zero-order valence-corrected chi connectivity index (χ0v) is 16.2. The van der Waals surface area contributed by atoms with Gasteiger partial charge in [0.05, 0.1) is 0 Å². The van der Waals surface area contributed by atoms with Crippen LogP contribution >= 0.6 is 8.69 Å². The largest absolute Gasteiger partial charge is 0.505 e. The molecule has 24 heavy (non-hydrogen) atoms. The van der Waals surface area contributed by atoms with Gasteiger partial charge in [-0.1, -0.05) is 77.9 Å². The minimum Gasteiger partial charge on any atom is -0.414 e. The van der Waals surface area contributed by atoms with Gasteiger partial charge in [0.15, 0.2) is 0 Å². The van der Waals surface area contributed by atoms with E-state index in [1.807, 2.05) is 36.4 Å². The molecule has 0 atom stereocenters. The molecule has 0 spiro atoms. The fourth-order valence-electron chi connectivity index (χ4n) is 2.50. The van der Waals surface area contributed by atoms with Gasteiger partial charge in [-0.25, -0.2) is 0 Å². The van der Waals surface area contributed by atoms with Gasteiger partial charge in [0.2, 0.25) is 0 Å². The Kier molecular flexibility index (Phi) is 5.55. The SMILES string of the molecule is CC(C)(C)c1ccccc1OP(F)Oc1ccccc1C(C)(C)C. The van der Waals surface area contributed by atoms with Crippen LogP contribution in [0.1, 0.15) is 52.7 Å². The van der Waals surface area contributed by atoms with Crippen molar-refractivity contribution < 1.29 is 13.2 Å². The molecule has 4 heteroatoms. The van der Waals surface area contributed by atoms with Gasteiger partial charge in [0.25, 0.3) is 0 Å². The second-order valence-corrected chi connectivity index (χ2v) is 8.68. The highest BCUT2D eigenvalue weighted by atomic mass is 31.2. The lowest BCUT2D eigenvalue weighted by Gasteiger charge is -2.24. The van der Waals surface area contributed by atoms with Crippen LogP contribution in [0.4, 0.5) is 4.20 Å². The Balaban J connectivity index is 2.21. The predicted molar refractivity (Wildman–Crippen MR) is 99.6 cm³/mol. The lowest BCUT2D eigenvalue weighted by molar-refractivity contribution is 0.420. The van der Waals surface area contributed by atoms with Crippen LogP contribution in [0, 0.1) is 0 Å². The minimum absolute atomic E-state index is 0.129. The standard InChI is InChI=1S/C20H26FO2P/c1-19(2,3)15-11-7-9-13-17(15)22-24(21)23-18-14-10-8-12-16(18)20(4,5)6/h7-14H,1-6H3. The molecule has 0 N–H and O–H groups in total. The van der Waals surface area contributed by atoms with E-state index in [1.165, 1.54) is 0 Å². The first kappa shape index (κ1) is 18.7. The summed E-state index contributed by atoms with van der Waals surface area (Å²) >= 11 is 0. The van der Waals surface area contributed by atoms with Gasteiger partial charge in [-0.05, 0) is 23.0 Å². The average molecular weight is 348 g/mol. The Morgan fingerprint density at radius 3 is 1.33 bits per heavy atom. The molecule has 0 bridgehead atoms. The molecular weight excluding hydrogens is 322 g/mol. The van der Waals surface area contributed by atoms with Crippen molar-refractivity contribution in [1.82, 2.24) is 0 Å². The Bertz CT molecular complexity index is 627. The predicted octanol–water partition coefficient (Wildman–Crippen LogP) is 6.94. The van der Waals surface area contributed by atoms with Gasteiger partial charge in [-0.2, -0.15) is 0 Å². The van der Waals surface area contributed by atoms with Crippen LogP contribution in [0.2, 0.25) is 0 Å². The van der Waals surface area contributed by atoms with Crippen LogP contribution < -0.4 is 9.05 Å². The van der Waals surface area contributed by atoms with Gasteiger partial charge >= 0.3 is 8.69 Å². The number of para-hydroxylation sites is 2. The normalized spacial score (nSPS) is 12.3. The molecule has 2 rings (SSSR count). The summed E-state index contributed by atoms with van der Waals surface area (Å²) in [6.07, 6.45) is 0. The van der Waals surface area contributed by atoms with Crippen LogP contribution in [0.3, 0.4) is 0 Å². The van der Waals surface area contributed by atoms with Crippen molar-refractivity contribution in [3.63, 3.8) is 0 Å². The topological polar surface area (TPSA) is 18.5 Å². The zero-order valence-electron chi connectivity index (χ0n) is 15.3. The van der Waals surface area contributed by atoms with E-state index in [0.29, 0.717) is 11.5 Å². The lowest BCUT2D eigenvalue weighted by Crippen LogP contribution is -2.13. The van der Waals surface area contributed by atoms with Crippen LogP contribution in [0.25, 0.3) is 0 Å². The molecule has 0 aliphatic rings. The van der Waals surface area contributed by atoms with E-state index in [9.17, 15) is 4.20 Å². The Labute approximate surface area is 146 Å². The summed E-state index contributed by atoms with van der Waals surface area (Å²) in [5.41, 5.74) is 1.66. The highest BCUT2D eigenvalue weighted by Gasteiger charge is 2.25. The minimum atomic E-state index is -2.56. The fourth-order valence-corrected chi connectivity index (χ4v) is 3.17. The van der Waals surface area contributed by atoms with Crippen molar-refractivity contribution in [2.45, 2.75) is 52.4 Å². The highest BCUT2D eigenvalue weighted by molar-refractivity contribution is 7.42. The second-order valence-electron chi connectivity index (χ2n) is 7.89. The van der Waals surface area contributed by atoms with E-state index in [2.05, 4.69) is 41.5 Å². The molecule has 2 aromatic carbocycles. The van der Waals surface area contributed by atoms with Crippen LogP contribution in [0.5, 0.6) is 11.5 Å². The summed E-state index contributed by atoms with van der Waals surface area (Å²) in [5, 5.41) is 0. The van der Waals surface area contributed by atoms with E-state index >= 15 is 0 Å². The number of benzene rings is 2. The van der Waals surface area contributed by atoms with Gasteiger partial charge in [-0.3, -0.25) is 0 Å². The van der Waals surface area contributed by atoms with E-state index in [0.717, 1.165) is 11.1 Å². The van der Waals surface area contributed by atoms with Crippen molar-refractivity contribution in [3.05, 3.63) is 59.7 Å². The summed E-state index contributed by atoms with van der Waals surface area (Å²) in [5.74, 6) is 1.07. The zero-order chi connectivity index (χ0) is 18.0. The molecule has 0 saturated carbocycles. The van der Waals surface area contributed by atoms with Crippen molar-refractivity contribution >= 4 is 8.69 Å². The monoisotopic (exact) mass is 348 g/mol. The summed E-state index contributed by atoms with van der Waals surface area (Å²) in [6.45, 7) is 12.4. The van der Waals surface area contributed by atoms with E-state index in [4.69, 9.17) is 9.05 Å². The van der Waals surface area contributed by atoms with Crippen molar-refractivity contribution in [3.8, 4) is 11.5 Å². The summed E-state index contributed by atoms with van der Waals surface area (Å²) in [6, 6.07) is 15.0. The molecule has 0 unspecified atom stereocenters. The van der Waals surface area contributed by atoms with Crippen molar-refractivity contribution in [2.24, 2.45) is 0 Å². The Hall–Kier alpha value is -1.60. The molecule has 0 saturated heterocycles. The van der Waals surface area contributed by atoms with Crippen LogP contribution in [-0.2, 0) is 10.8 Å². The van der Waals surface area contributed by atoms with E-state index in [1.54, 1.807) is 12.1 Å². The fraction of sp³-hybridized carbons (Fsp3) is 0.400. The number of hydrogen-bond acceptors (Lipinski definition) is 2. The first-order valence-corrected chi connectivity index (χ1v) is 9.17. The Morgan fingerprint density at radius 1 is 0.667 bits per heavy atom. The second kappa shape index (κ2) is 7.11. The summed E-state index contributed by atoms with van der Waals surface area (Å²) < 4.78 is 25.6. The molecule has 0 aromatic heterocycles. The van der Waals surface area contributed by atoms with Gasteiger partial charge < -0.3 is 9.05 Å². The number of hydrogen-bond donors (Lipinski definition) is 0. The molecule has 2 nitrogen and oxygen atoms in total. The van der Waals surface area contributed by atoms with Crippen LogP contribution in [-0.4, -0.2) is 0 Å². The summed E-state index contributed by atoms with van der Waals surface area (Å²) in [7, 11) is -2.56. The maximum Gasteiger partial charge on any atom is 0.505 e. The van der Waals surface area contributed by atoms with Gasteiger partial charge in [0.1, 0.15) is 11.5 Å². The lowest BCUT2D eigenvalue weighted by atomic mass is 9.86. The quantitative estimate of drug-likeness (QED) is 0.557. The third-order valence-electron chi connectivity index (χ3n) is 3.73. The molecule has 0 aliphatic carbocycles. The summed E-state index contributed by atoms with van der Waals surface area (Å²) in [4.78, 5) is 0. The average Bonchev–Trinajstić information content (AvgIpc) is 2.46. The number of rotatable bonds is 4. The molecule has 0 amide bonds. The van der Waals surface area contributed by atoms with E-state index < -0.39 is 8.69 Å². The molecule has 2 aromatic rings. The molecule has 0 heterocycles.